The molecule has 1 aromatic heterocycles. The van der Waals surface area contributed by atoms with E-state index < -0.39 is 0 Å². The topological polar surface area (TPSA) is 90.0 Å². The van der Waals surface area contributed by atoms with Crippen LogP contribution in [0, 0.1) is 6.92 Å². The number of methoxy groups -OCH3 is 1. The summed E-state index contributed by atoms with van der Waals surface area (Å²) in [5.74, 6) is 3.01. The molecule has 36 heavy (non-hydrogen) atoms. The van der Waals surface area contributed by atoms with Crippen molar-refractivity contribution in [3.05, 3.63) is 52.8 Å². The molecule has 10 heteroatoms. The van der Waals surface area contributed by atoms with E-state index in [1.165, 1.54) is 6.33 Å². The van der Waals surface area contributed by atoms with Gasteiger partial charge in [0.25, 0.3) is 0 Å². The van der Waals surface area contributed by atoms with E-state index in [0.717, 1.165) is 56.1 Å². The molecule has 0 radical (unpaired) electrons. The van der Waals surface area contributed by atoms with Crippen molar-refractivity contribution in [2.45, 2.75) is 19.9 Å². The van der Waals surface area contributed by atoms with Crippen LogP contribution in [0.25, 0.3) is 0 Å². The minimum atomic E-state index is 0.429. The van der Waals surface area contributed by atoms with Crippen molar-refractivity contribution in [3.63, 3.8) is 0 Å². The summed E-state index contributed by atoms with van der Waals surface area (Å²) in [7, 11) is 1.63. The standard InChI is InChI=1S/C26H30ClN5O4/c1-17-12-19(4-5-20(17)27)31-25-24-26(30-16-29-25)36-21-14-22(33-2)23(13-18(21)15-28-24)35-9-3-6-32-7-10-34-11-8-32/h4-5,12-14,16,28H,3,6-11,15H2,1-2H3,(H,29,30,31). The lowest BCUT2D eigenvalue weighted by Gasteiger charge is -2.26. The summed E-state index contributed by atoms with van der Waals surface area (Å²) in [6.07, 6.45) is 2.40. The van der Waals surface area contributed by atoms with Gasteiger partial charge in [-0.15, -0.1) is 0 Å². The average molecular weight is 512 g/mol. The van der Waals surface area contributed by atoms with Crippen LogP contribution in [-0.2, 0) is 11.3 Å². The van der Waals surface area contributed by atoms with E-state index in [1.54, 1.807) is 7.11 Å². The van der Waals surface area contributed by atoms with Crippen LogP contribution < -0.4 is 24.8 Å². The maximum atomic E-state index is 6.20. The van der Waals surface area contributed by atoms with E-state index in [4.69, 9.17) is 30.5 Å². The minimum absolute atomic E-state index is 0.429. The van der Waals surface area contributed by atoms with Gasteiger partial charge < -0.3 is 29.6 Å². The minimum Gasteiger partial charge on any atom is -0.493 e. The molecule has 0 saturated carbocycles. The van der Waals surface area contributed by atoms with Crippen LogP contribution in [0.4, 0.5) is 17.2 Å². The molecule has 0 bridgehead atoms. The number of ether oxygens (including phenoxy) is 4. The molecule has 1 saturated heterocycles. The van der Waals surface area contributed by atoms with Crippen molar-refractivity contribution in [3.8, 4) is 23.1 Å². The first kappa shape index (κ1) is 24.4. The van der Waals surface area contributed by atoms with Crippen molar-refractivity contribution in [2.75, 3.05) is 57.2 Å². The second-order valence-electron chi connectivity index (χ2n) is 8.71. The Labute approximate surface area is 215 Å². The number of rotatable bonds is 8. The SMILES string of the molecule is COc1cc2c(cc1OCCCN1CCOCC1)CNc1c(Nc3ccc(Cl)c(C)c3)ncnc1O2. The molecule has 0 spiro atoms. The summed E-state index contributed by atoms with van der Waals surface area (Å²) < 4.78 is 23.3. The molecule has 0 atom stereocenters. The van der Waals surface area contributed by atoms with Crippen LogP contribution in [-0.4, -0.2) is 61.4 Å². The van der Waals surface area contributed by atoms with Gasteiger partial charge in [0.2, 0.25) is 5.88 Å². The van der Waals surface area contributed by atoms with Crippen LogP contribution in [0.2, 0.25) is 5.02 Å². The molecule has 2 aliphatic heterocycles. The van der Waals surface area contributed by atoms with E-state index in [-0.39, 0.29) is 0 Å². The Balaban J connectivity index is 1.29. The molecular formula is C26H30ClN5O4. The fraction of sp³-hybridized carbons (Fsp3) is 0.385. The fourth-order valence-electron chi connectivity index (χ4n) is 4.23. The van der Waals surface area contributed by atoms with Gasteiger partial charge in [-0.2, -0.15) is 4.98 Å². The second kappa shape index (κ2) is 11.2. The number of nitrogens with zero attached hydrogens (tertiary/aromatic N) is 3. The van der Waals surface area contributed by atoms with E-state index >= 15 is 0 Å². The molecule has 2 aromatic carbocycles. The van der Waals surface area contributed by atoms with Gasteiger partial charge >= 0.3 is 0 Å². The molecule has 3 heterocycles. The average Bonchev–Trinajstić information content (AvgIpc) is 3.08. The van der Waals surface area contributed by atoms with Crippen LogP contribution >= 0.6 is 11.6 Å². The van der Waals surface area contributed by atoms with Crippen molar-refractivity contribution in [1.82, 2.24) is 14.9 Å². The molecule has 3 aromatic rings. The zero-order valence-corrected chi connectivity index (χ0v) is 21.2. The highest BCUT2D eigenvalue weighted by Gasteiger charge is 2.22. The Morgan fingerprint density at radius 2 is 2.00 bits per heavy atom. The molecule has 2 aliphatic rings. The maximum absolute atomic E-state index is 6.20. The molecule has 1 fully saturated rings. The van der Waals surface area contributed by atoms with E-state index in [1.807, 2.05) is 37.3 Å². The van der Waals surface area contributed by atoms with Gasteiger partial charge in [0.05, 0.1) is 26.9 Å². The van der Waals surface area contributed by atoms with E-state index in [9.17, 15) is 0 Å². The third kappa shape index (κ3) is 5.59. The van der Waals surface area contributed by atoms with Crippen molar-refractivity contribution in [2.24, 2.45) is 0 Å². The summed E-state index contributed by atoms with van der Waals surface area (Å²) >= 11 is 6.17. The Morgan fingerprint density at radius 3 is 2.81 bits per heavy atom. The Bertz CT molecular complexity index is 1220. The van der Waals surface area contributed by atoms with Gasteiger partial charge in [-0.05, 0) is 43.2 Å². The highest BCUT2D eigenvalue weighted by Crippen LogP contribution is 2.42. The summed E-state index contributed by atoms with van der Waals surface area (Å²) in [6, 6.07) is 9.54. The Hall–Kier alpha value is -3.27. The number of benzene rings is 2. The normalized spacial score (nSPS) is 15.1. The highest BCUT2D eigenvalue weighted by molar-refractivity contribution is 6.31. The molecular weight excluding hydrogens is 482 g/mol. The van der Waals surface area contributed by atoms with Gasteiger partial charge in [-0.25, -0.2) is 4.98 Å². The third-order valence-electron chi connectivity index (χ3n) is 6.22. The van der Waals surface area contributed by atoms with Gasteiger partial charge in [-0.1, -0.05) is 11.6 Å². The Kier molecular flexibility index (Phi) is 7.60. The first-order chi connectivity index (χ1) is 17.6. The predicted octanol–water partition coefficient (Wildman–Crippen LogP) is 5.01. The third-order valence-corrected chi connectivity index (χ3v) is 6.65. The number of morpholine rings is 1. The number of nitrogens with one attached hydrogen (secondary N) is 2. The van der Waals surface area contributed by atoms with Gasteiger partial charge in [-0.3, -0.25) is 4.90 Å². The molecule has 190 valence electrons. The number of anilines is 3. The molecule has 2 N–H and O–H groups in total. The van der Waals surface area contributed by atoms with Crippen LogP contribution in [0.1, 0.15) is 17.5 Å². The fourth-order valence-corrected chi connectivity index (χ4v) is 4.35. The highest BCUT2D eigenvalue weighted by atomic mass is 35.5. The number of fused-ring (bicyclic) bond motifs is 2. The second-order valence-corrected chi connectivity index (χ2v) is 9.12. The number of hydrogen-bond acceptors (Lipinski definition) is 9. The lowest BCUT2D eigenvalue weighted by molar-refractivity contribution is 0.0357. The van der Waals surface area contributed by atoms with Gasteiger partial charge in [0.1, 0.15) is 17.8 Å². The van der Waals surface area contributed by atoms with Crippen molar-refractivity contribution in [1.29, 1.82) is 0 Å². The zero-order valence-electron chi connectivity index (χ0n) is 20.5. The summed E-state index contributed by atoms with van der Waals surface area (Å²) in [5.41, 5.74) is 3.46. The quantitative estimate of drug-likeness (QED) is 0.405. The predicted molar refractivity (Wildman–Crippen MR) is 139 cm³/mol. The summed E-state index contributed by atoms with van der Waals surface area (Å²) in [6.45, 7) is 7.61. The van der Waals surface area contributed by atoms with Gasteiger partial charge in [0.15, 0.2) is 17.3 Å². The Morgan fingerprint density at radius 1 is 1.14 bits per heavy atom. The van der Waals surface area contributed by atoms with Crippen LogP contribution in [0.15, 0.2) is 36.7 Å². The molecule has 0 amide bonds. The lowest BCUT2D eigenvalue weighted by atomic mass is 10.1. The molecule has 5 rings (SSSR count). The maximum Gasteiger partial charge on any atom is 0.248 e. The summed E-state index contributed by atoms with van der Waals surface area (Å²) in [4.78, 5) is 11.2. The van der Waals surface area contributed by atoms with Crippen LogP contribution in [0.3, 0.4) is 0 Å². The monoisotopic (exact) mass is 511 g/mol. The molecule has 0 aliphatic carbocycles. The number of halogens is 1. The molecule has 9 nitrogen and oxygen atoms in total. The largest absolute Gasteiger partial charge is 0.493 e. The van der Waals surface area contributed by atoms with Gasteiger partial charge in [0, 0.05) is 48.5 Å². The smallest absolute Gasteiger partial charge is 0.248 e. The lowest BCUT2D eigenvalue weighted by Crippen LogP contribution is -2.37. The van der Waals surface area contributed by atoms with Crippen LogP contribution in [0.5, 0.6) is 23.1 Å². The van der Waals surface area contributed by atoms with E-state index in [2.05, 4.69) is 25.5 Å². The zero-order chi connectivity index (χ0) is 24.9. The number of hydrogen-bond donors (Lipinski definition) is 2. The molecule has 0 unspecified atom stereocenters. The van der Waals surface area contributed by atoms with Crippen molar-refractivity contribution < 1.29 is 18.9 Å². The number of aromatic nitrogens is 2. The summed E-state index contributed by atoms with van der Waals surface area (Å²) in [5, 5.41) is 7.47. The number of aryl methyl sites for hydroxylation is 1. The first-order valence-electron chi connectivity index (χ1n) is 12.0. The van der Waals surface area contributed by atoms with E-state index in [0.29, 0.717) is 52.8 Å². The van der Waals surface area contributed by atoms with Crippen molar-refractivity contribution >= 4 is 28.8 Å². The first-order valence-corrected chi connectivity index (χ1v) is 12.4.